The second-order valence-corrected chi connectivity index (χ2v) is 4.02. The quantitative estimate of drug-likeness (QED) is 0.795. The van der Waals surface area contributed by atoms with E-state index in [-0.39, 0.29) is 5.91 Å². The highest BCUT2D eigenvalue weighted by Crippen LogP contribution is 2.20. The monoisotopic (exact) mass is 261 g/mol. The van der Waals surface area contributed by atoms with Crippen molar-refractivity contribution in [3.05, 3.63) is 23.8 Å². The van der Waals surface area contributed by atoms with Crippen molar-refractivity contribution in [1.29, 1.82) is 5.26 Å². The summed E-state index contributed by atoms with van der Waals surface area (Å²) >= 11 is 0. The molecule has 0 heterocycles. The molecular formula is C14H19N3O2. The summed E-state index contributed by atoms with van der Waals surface area (Å²) in [5.74, 6) is 0.452. The summed E-state index contributed by atoms with van der Waals surface area (Å²) in [6.45, 7) is 5.24. The standard InChI is InChI=1S/C14H19N3O2/c1-3-17(7-5-6-15)14(18)11-8-12(16)10-13(9-11)19-4-2/h8-10H,3-5,7,16H2,1-2H3. The lowest BCUT2D eigenvalue weighted by Crippen LogP contribution is -2.31. The smallest absolute Gasteiger partial charge is 0.254 e. The number of nitrogens with two attached hydrogens (primary N) is 1. The molecule has 0 saturated heterocycles. The van der Waals surface area contributed by atoms with E-state index < -0.39 is 0 Å². The molecule has 19 heavy (non-hydrogen) atoms. The lowest BCUT2D eigenvalue weighted by atomic mass is 10.1. The summed E-state index contributed by atoms with van der Waals surface area (Å²) < 4.78 is 5.37. The van der Waals surface area contributed by atoms with Gasteiger partial charge < -0.3 is 15.4 Å². The Labute approximate surface area is 113 Å². The van der Waals surface area contributed by atoms with E-state index in [1.807, 2.05) is 19.9 Å². The van der Waals surface area contributed by atoms with Crippen LogP contribution in [-0.4, -0.2) is 30.5 Å². The van der Waals surface area contributed by atoms with E-state index in [1.165, 1.54) is 0 Å². The minimum absolute atomic E-state index is 0.133. The molecule has 2 N–H and O–H groups in total. The summed E-state index contributed by atoms with van der Waals surface area (Å²) in [6, 6.07) is 7.03. The predicted octanol–water partition coefficient (Wildman–Crippen LogP) is 2.04. The van der Waals surface area contributed by atoms with Crippen LogP contribution in [0.15, 0.2) is 18.2 Å². The Kier molecular flexibility index (Phi) is 5.68. The zero-order chi connectivity index (χ0) is 14.3. The minimum Gasteiger partial charge on any atom is -0.494 e. The summed E-state index contributed by atoms with van der Waals surface area (Å²) in [7, 11) is 0. The van der Waals surface area contributed by atoms with Gasteiger partial charge in [-0.15, -0.1) is 0 Å². The number of benzene rings is 1. The summed E-state index contributed by atoms with van der Waals surface area (Å²) in [5.41, 5.74) is 6.75. The lowest BCUT2D eigenvalue weighted by molar-refractivity contribution is 0.0767. The molecule has 102 valence electrons. The van der Waals surface area contributed by atoms with Crippen molar-refractivity contribution in [3.63, 3.8) is 0 Å². The first kappa shape index (κ1) is 14.8. The maximum atomic E-state index is 12.3. The Bertz CT molecular complexity index is 480. The van der Waals surface area contributed by atoms with Crippen molar-refractivity contribution in [2.24, 2.45) is 0 Å². The first-order valence-corrected chi connectivity index (χ1v) is 6.32. The molecule has 0 radical (unpaired) electrons. The molecule has 0 aromatic heterocycles. The van der Waals surface area contributed by atoms with E-state index in [0.717, 1.165) is 0 Å². The number of hydrogen-bond donors (Lipinski definition) is 1. The highest BCUT2D eigenvalue weighted by Gasteiger charge is 2.15. The third kappa shape index (κ3) is 4.18. The molecule has 0 bridgehead atoms. The fourth-order valence-corrected chi connectivity index (χ4v) is 1.77. The maximum absolute atomic E-state index is 12.3. The minimum atomic E-state index is -0.133. The van der Waals surface area contributed by atoms with Gasteiger partial charge in [0, 0.05) is 30.4 Å². The highest BCUT2D eigenvalue weighted by atomic mass is 16.5. The van der Waals surface area contributed by atoms with Gasteiger partial charge in [-0.3, -0.25) is 4.79 Å². The molecule has 5 heteroatoms. The number of rotatable bonds is 6. The van der Waals surface area contributed by atoms with Crippen molar-refractivity contribution in [2.45, 2.75) is 20.3 Å². The number of nitrogen functional groups attached to an aromatic ring is 1. The topological polar surface area (TPSA) is 79.3 Å². The van der Waals surface area contributed by atoms with E-state index in [1.54, 1.807) is 23.1 Å². The van der Waals surface area contributed by atoms with Crippen LogP contribution in [0.2, 0.25) is 0 Å². The number of anilines is 1. The highest BCUT2D eigenvalue weighted by molar-refractivity contribution is 5.95. The van der Waals surface area contributed by atoms with Crippen LogP contribution >= 0.6 is 0 Å². The fourth-order valence-electron chi connectivity index (χ4n) is 1.77. The van der Waals surface area contributed by atoms with Gasteiger partial charge in [-0.1, -0.05) is 0 Å². The predicted molar refractivity (Wildman–Crippen MR) is 73.8 cm³/mol. The molecule has 0 atom stereocenters. The van der Waals surface area contributed by atoms with Crippen molar-refractivity contribution >= 4 is 11.6 Å². The molecule has 1 amide bonds. The molecule has 1 aromatic carbocycles. The Hall–Kier alpha value is -2.22. The van der Waals surface area contributed by atoms with Crippen LogP contribution < -0.4 is 10.5 Å². The van der Waals surface area contributed by atoms with Crippen molar-refractivity contribution in [1.82, 2.24) is 4.90 Å². The average molecular weight is 261 g/mol. The van der Waals surface area contributed by atoms with Gasteiger partial charge in [-0.25, -0.2) is 0 Å². The molecule has 0 spiro atoms. The third-order valence-corrected chi connectivity index (χ3v) is 2.65. The van der Waals surface area contributed by atoms with E-state index >= 15 is 0 Å². The molecule has 0 fully saturated rings. The lowest BCUT2D eigenvalue weighted by Gasteiger charge is -2.20. The van der Waals surface area contributed by atoms with Gasteiger partial charge in [0.1, 0.15) is 5.75 Å². The number of amides is 1. The van der Waals surface area contributed by atoms with Crippen LogP contribution in [0.25, 0.3) is 0 Å². The average Bonchev–Trinajstić information content (AvgIpc) is 2.39. The molecule has 5 nitrogen and oxygen atoms in total. The molecule has 0 aliphatic rings. The van der Waals surface area contributed by atoms with E-state index in [4.69, 9.17) is 15.7 Å². The largest absolute Gasteiger partial charge is 0.494 e. The van der Waals surface area contributed by atoms with Gasteiger partial charge in [0.15, 0.2) is 0 Å². The SMILES string of the molecule is CCOc1cc(N)cc(C(=O)N(CC)CCC#N)c1. The molecule has 0 aliphatic heterocycles. The second kappa shape index (κ2) is 7.27. The Morgan fingerprint density at radius 2 is 2.16 bits per heavy atom. The normalized spacial score (nSPS) is 9.74. The van der Waals surface area contributed by atoms with Gasteiger partial charge in [0.05, 0.1) is 19.1 Å². The molecule has 0 aliphatic carbocycles. The third-order valence-electron chi connectivity index (χ3n) is 2.65. The molecule has 1 rings (SSSR count). The Balaban J connectivity index is 2.94. The van der Waals surface area contributed by atoms with Crippen molar-refractivity contribution < 1.29 is 9.53 Å². The van der Waals surface area contributed by atoms with Crippen LogP contribution in [0, 0.1) is 11.3 Å². The van der Waals surface area contributed by atoms with Gasteiger partial charge >= 0.3 is 0 Å². The number of ether oxygens (including phenoxy) is 1. The van der Waals surface area contributed by atoms with Crippen LogP contribution in [0.3, 0.4) is 0 Å². The zero-order valence-electron chi connectivity index (χ0n) is 11.3. The number of carbonyl (C=O) groups excluding carboxylic acids is 1. The van der Waals surface area contributed by atoms with Crippen LogP contribution in [0.5, 0.6) is 5.75 Å². The molecule has 0 unspecified atom stereocenters. The number of nitrogens with zero attached hydrogens (tertiary/aromatic N) is 2. The number of hydrogen-bond acceptors (Lipinski definition) is 4. The molecular weight excluding hydrogens is 242 g/mol. The zero-order valence-corrected chi connectivity index (χ0v) is 11.3. The first-order valence-electron chi connectivity index (χ1n) is 6.32. The fraction of sp³-hybridized carbons (Fsp3) is 0.429. The number of carbonyl (C=O) groups is 1. The van der Waals surface area contributed by atoms with E-state index in [0.29, 0.717) is 43.1 Å². The number of nitriles is 1. The first-order chi connectivity index (χ1) is 9.12. The summed E-state index contributed by atoms with van der Waals surface area (Å²) in [6.07, 6.45) is 0.320. The van der Waals surface area contributed by atoms with Crippen LogP contribution in [-0.2, 0) is 0 Å². The summed E-state index contributed by atoms with van der Waals surface area (Å²) in [4.78, 5) is 13.9. The van der Waals surface area contributed by atoms with Gasteiger partial charge in [-0.2, -0.15) is 5.26 Å². The van der Waals surface area contributed by atoms with Crippen molar-refractivity contribution in [2.75, 3.05) is 25.4 Å². The molecule has 1 aromatic rings. The molecule has 0 saturated carbocycles. The van der Waals surface area contributed by atoms with Crippen LogP contribution in [0.4, 0.5) is 5.69 Å². The maximum Gasteiger partial charge on any atom is 0.254 e. The van der Waals surface area contributed by atoms with Gasteiger partial charge in [-0.05, 0) is 26.0 Å². The van der Waals surface area contributed by atoms with Crippen LogP contribution in [0.1, 0.15) is 30.6 Å². The van der Waals surface area contributed by atoms with Gasteiger partial charge in [0.25, 0.3) is 5.91 Å². The van der Waals surface area contributed by atoms with Gasteiger partial charge in [0.2, 0.25) is 0 Å². The van der Waals surface area contributed by atoms with E-state index in [9.17, 15) is 4.79 Å². The summed E-state index contributed by atoms with van der Waals surface area (Å²) in [5, 5.41) is 8.59. The van der Waals surface area contributed by atoms with Crippen molar-refractivity contribution in [3.8, 4) is 11.8 Å². The Morgan fingerprint density at radius 3 is 2.74 bits per heavy atom. The van der Waals surface area contributed by atoms with E-state index in [2.05, 4.69) is 0 Å². The second-order valence-electron chi connectivity index (χ2n) is 4.02. The Morgan fingerprint density at radius 1 is 1.42 bits per heavy atom.